The predicted molar refractivity (Wildman–Crippen MR) is 66.4 cm³/mol. The van der Waals surface area contributed by atoms with Gasteiger partial charge in [-0.2, -0.15) is 0 Å². The van der Waals surface area contributed by atoms with Crippen LogP contribution in [0.25, 0.3) is 0 Å². The summed E-state index contributed by atoms with van der Waals surface area (Å²) >= 11 is 0. The van der Waals surface area contributed by atoms with Crippen molar-refractivity contribution in [3.05, 3.63) is 23.8 Å². The molecule has 0 heterocycles. The normalized spacial score (nSPS) is 23.1. The van der Waals surface area contributed by atoms with Crippen molar-refractivity contribution < 1.29 is 4.74 Å². The zero-order chi connectivity index (χ0) is 11.5. The van der Waals surface area contributed by atoms with Crippen molar-refractivity contribution in [2.45, 2.75) is 32.4 Å². The molecule has 1 aliphatic carbocycles. The van der Waals surface area contributed by atoms with E-state index in [-0.39, 0.29) is 0 Å². The molecule has 1 aliphatic rings. The minimum atomic E-state index is 0.690. The largest absolute Gasteiger partial charge is 0.497 e. The quantitative estimate of drug-likeness (QED) is 0.748. The second-order valence-corrected chi connectivity index (χ2v) is 4.46. The predicted octanol–water partition coefficient (Wildman–Crippen LogP) is 2.17. The number of ether oxygens (including phenoxy) is 1. The highest BCUT2D eigenvalue weighted by atomic mass is 16.5. The highest BCUT2D eigenvalue weighted by Crippen LogP contribution is 2.33. The first-order valence-electron chi connectivity index (χ1n) is 5.90. The van der Waals surface area contributed by atoms with Crippen molar-refractivity contribution in [3.63, 3.8) is 0 Å². The monoisotopic (exact) mass is 220 g/mol. The minimum Gasteiger partial charge on any atom is -0.497 e. The highest BCUT2D eigenvalue weighted by Gasteiger charge is 2.34. The molecule has 1 aromatic rings. The van der Waals surface area contributed by atoms with Crippen LogP contribution in [0.3, 0.4) is 0 Å². The van der Waals surface area contributed by atoms with E-state index < -0.39 is 0 Å². The Bertz CT molecular complexity index is 365. The molecule has 1 fully saturated rings. The van der Waals surface area contributed by atoms with Crippen LogP contribution in [0.5, 0.6) is 5.75 Å². The molecule has 3 heteroatoms. The Labute approximate surface area is 97.0 Å². The number of anilines is 1. The molecule has 2 rings (SSSR count). The van der Waals surface area contributed by atoms with Crippen LogP contribution >= 0.6 is 0 Å². The van der Waals surface area contributed by atoms with Gasteiger partial charge in [-0.15, -0.1) is 0 Å². The van der Waals surface area contributed by atoms with E-state index in [1.54, 1.807) is 7.11 Å². The maximum absolute atomic E-state index is 5.92. The third-order valence-corrected chi connectivity index (χ3v) is 3.35. The average molecular weight is 220 g/mol. The Hall–Kier alpha value is -1.22. The van der Waals surface area contributed by atoms with Crippen LogP contribution in [-0.2, 0) is 6.54 Å². The molecule has 0 spiro atoms. The molecule has 3 N–H and O–H groups in total. The topological polar surface area (TPSA) is 47.3 Å². The Kier molecular flexibility index (Phi) is 3.34. The molecule has 0 saturated heterocycles. The molecule has 2 atom stereocenters. The molecular formula is C13H20N2O. The summed E-state index contributed by atoms with van der Waals surface area (Å²) in [5, 5.41) is 3.53. The number of hydrogen-bond acceptors (Lipinski definition) is 3. The molecule has 2 unspecified atom stereocenters. The lowest BCUT2D eigenvalue weighted by Crippen LogP contribution is -2.18. The zero-order valence-electron chi connectivity index (χ0n) is 9.99. The summed E-state index contributed by atoms with van der Waals surface area (Å²) in [4.78, 5) is 0. The van der Waals surface area contributed by atoms with Gasteiger partial charge in [-0.25, -0.2) is 0 Å². The van der Waals surface area contributed by atoms with Gasteiger partial charge in [-0.3, -0.25) is 0 Å². The summed E-state index contributed by atoms with van der Waals surface area (Å²) in [6, 6.07) is 6.49. The number of rotatable bonds is 5. The van der Waals surface area contributed by atoms with E-state index in [1.165, 1.54) is 12.8 Å². The summed E-state index contributed by atoms with van der Waals surface area (Å²) in [6.45, 7) is 3.08. The number of benzene rings is 1. The molecule has 1 saturated carbocycles. The fraction of sp³-hybridized carbons (Fsp3) is 0.538. The van der Waals surface area contributed by atoms with E-state index in [0.29, 0.717) is 6.04 Å². The summed E-state index contributed by atoms with van der Waals surface area (Å²) < 4.78 is 5.19. The number of methoxy groups -OCH3 is 1. The Balaban J connectivity index is 1.93. The van der Waals surface area contributed by atoms with Crippen molar-refractivity contribution in [1.29, 1.82) is 0 Å². The molecular weight excluding hydrogens is 200 g/mol. The van der Waals surface area contributed by atoms with Gasteiger partial charge in [0.1, 0.15) is 5.75 Å². The number of hydrogen-bond donors (Lipinski definition) is 2. The summed E-state index contributed by atoms with van der Waals surface area (Å²) in [6.07, 6.45) is 2.58. The third-order valence-electron chi connectivity index (χ3n) is 3.35. The van der Waals surface area contributed by atoms with Gasteiger partial charge in [0.05, 0.1) is 7.11 Å². The smallest absolute Gasteiger partial charge is 0.119 e. The second-order valence-electron chi connectivity index (χ2n) is 4.46. The minimum absolute atomic E-state index is 0.690. The first kappa shape index (κ1) is 11.3. The summed E-state index contributed by atoms with van der Waals surface area (Å²) in [7, 11) is 1.68. The molecule has 3 nitrogen and oxygen atoms in total. The second kappa shape index (κ2) is 4.74. The van der Waals surface area contributed by atoms with Crippen LogP contribution in [-0.4, -0.2) is 13.2 Å². The van der Waals surface area contributed by atoms with E-state index in [1.807, 2.05) is 18.2 Å². The molecule has 0 amide bonds. The van der Waals surface area contributed by atoms with Gasteiger partial charge >= 0.3 is 0 Å². The molecule has 0 aliphatic heterocycles. The van der Waals surface area contributed by atoms with Crippen molar-refractivity contribution in [2.24, 2.45) is 5.92 Å². The summed E-state index contributed by atoms with van der Waals surface area (Å²) in [5.74, 6) is 1.74. The maximum Gasteiger partial charge on any atom is 0.119 e. The average Bonchev–Trinajstić information content (AvgIpc) is 3.07. The fourth-order valence-electron chi connectivity index (χ4n) is 2.05. The van der Waals surface area contributed by atoms with Gasteiger partial charge in [0.25, 0.3) is 0 Å². The van der Waals surface area contributed by atoms with E-state index in [0.717, 1.165) is 29.5 Å². The molecule has 16 heavy (non-hydrogen) atoms. The van der Waals surface area contributed by atoms with Gasteiger partial charge in [0, 0.05) is 18.3 Å². The lowest BCUT2D eigenvalue weighted by molar-refractivity contribution is 0.414. The zero-order valence-corrected chi connectivity index (χ0v) is 9.99. The van der Waals surface area contributed by atoms with Gasteiger partial charge in [-0.1, -0.05) is 13.3 Å². The van der Waals surface area contributed by atoms with Crippen LogP contribution in [0.2, 0.25) is 0 Å². The van der Waals surface area contributed by atoms with Crippen LogP contribution in [0, 0.1) is 5.92 Å². The number of nitrogens with one attached hydrogen (secondary N) is 1. The number of nitrogen functional groups attached to an aromatic ring is 1. The van der Waals surface area contributed by atoms with E-state index in [2.05, 4.69) is 12.2 Å². The van der Waals surface area contributed by atoms with Crippen molar-refractivity contribution in [1.82, 2.24) is 5.32 Å². The van der Waals surface area contributed by atoms with E-state index in [9.17, 15) is 0 Å². The van der Waals surface area contributed by atoms with Crippen LogP contribution in [0.1, 0.15) is 25.3 Å². The fourth-order valence-corrected chi connectivity index (χ4v) is 2.05. The van der Waals surface area contributed by atoms with Gasteiger partial charge < -0.3 is 15.8 Å². The van der Waals surface area contributed by atoms with Gasteiger partial charge in [0.15, 0.2) is 0 Å². The maximum atomic E-state index is 5.92. The molecule has 88 valence electrons. The van der Waals surface area contributed by atoms with Crippen LogP contribution < -0.4 is 15.8 Å². The Morgan fingerprint density at radius 1 is 1.50 bits per heavy atom. The lowest BCUT2D eigenvalue weighted by atomic mass is 10.1. The lowest BCUT2D eigenvalue weighted by Gasteiger charge is -2.09. The number of nitrogens with two attached hydrogens (primary N) is 1. The first-order valence-corrected chi connectivity index (χ1v) is 5.90. The highest BCUT2D eigenvalue weighted by molar-refractivity contribution is 5.50. The molecule has 0 radical (unpaired) electrons. The van der Waals surface area contributed by atoms with Crippen molar-refractivity contribution in [2.75, 3.05) is 12.8 Å². The summed E-state index contributed by atoms with van der Waals surface area (Å²) in [5.41, 5.74) is 7.88. The SMILES string of the molecule is CCC1CC1NCc1cc(OC)ccc1N. The molecule has 0 aromatic heterocycles. The van der Waals surface area contributed by atoms with Crippen molar-refractivity contribution in [3.8, 4) is 5.75 Å². The molecule has 1 aromatic carbocycles. The van der Waals surface area contributed by atoms with Crippen LogP contribution in [0.15, 0.2) is 18.2 Å². The van der Waals surface area contributed by atoms with Gasteiger partial charge in [0.2, 0.25) is 0 Å². The first-order chi connectivity index (χ1) is 7.74. The standard InChI is InChI=1S/C13H20N2O/c1-3-9-7-13(9)15-8-10-6-11(16-2)4-5-12(10)14/h4-6,9,13,15H,3,7-8,14H2,1-2H3. The van der Waals surface area contributed by atoms with Gasteiger partial charge in [-0.05, 0) is 36.1 Å². The molecule has 0 bridgehead atoms. The Morgan fingerprint density at radius 3 is 2.94 bits per heavy atom. The Morgan fingerprint density at radius 2 is 2.31 bits per heavy atom. The van der Waals surface area contributed by atoms with E-state index in [4.69, 9.17) is 10.5 Å². The van der Waals surface area contributed by atoms with E-state index >= 15 is 0 Å². The third kappa shape index (κ3) is 2.47. The van der Waals surface area contributed by atoms with Crippen molar-refractivity contribution >= 4 is 5.69 Å². The van der Waals surface area contributed by atoms with Crippen LogP contribution in [0.4, 0.5) is 5.69 Å².